The minimum absolute atomic E-state index is 0.396. The monoisotopic (exact) mass is 127 g/mol. The number of carbonyl (C=O) groups is 2. The molecule has 1 fully saturated rings. The maximum atomic E-state index is 10.7. The van der Waals surface area contributed by atoms with E-state index in [1.165, 1.54) is 0 Å². The molecule has 0 saturated carbocycles. The summed E-state index contributed by atoms with van der Waals surface area (Å²) >= 11 is 0. The summed E-state index contributed by atoms with van der Waals surface area (Å²) in [4.78, 5) is 21.0. The summed E-state index contributed by atoms with van der Waals surface area (Å²) in [5.41, 5.74) is -0.781. The van der Waals surface area contributed by atoms with Gasteiger partial charge in [-0.25, -0.2) is 4.79 Å². The average Bonchev–Trinajstić information content (AvgIpc) is 1.79. The van der Waals surface area contributed by atoms with Crippen LogP contribution < -0.4 is 10.6 Å². The summed E-state index contributed by atoms with van der Waals surface area (Å²) in [6.07, 6.45) is 0. The molecule has 0 aromatic carbocycles. The highest BCUT2D eigenvalue weighted by molar-refractivity contribution is 6.06. The molecule has 0 unspecified atom stereocenters. The van der Waals surface area contributed by atoms with Gasteiger partial charge >= 0.3 is 6.03 Å². The molecule has 4 nitrogen and oxygen atoms in total. The van der Waals surface area contributed by atoms with Gasteiger partial charge in [-0.3, -0.25) is 4.79 Å². The summed E-state index contributed by atoms with van der Waals surface area (Å²) < 4.78 is 0. The first kappa shape index (κ1) is 6.07. The number of hydrogen-bond acceptors (Lipinski definition) is 2. The van der Waals surface area contributed by atoms with E-state index in [2.05, 4.69) is 10.6 Å². The number of nitrogens with one attached hydrogen (secondary N) is 1. The molecule has 0 aromatic rings. The highest BCUT2D eigenvalue weighted by Gasteiger charge is 2.38. The zero-order valence-corrected chi connectivity index (χ0v) is 5.26. The van der Waals surface area contributed by atoms with E-state index in [1.807, 2.05) is 0 Å². The summed E-state index contributed by atoms with van der Waals surface area (Å²) in [7, 11) is 0. The van der Waals surface area contributed by atoms with Crippen LogP contribution in [-0.2, 0) is 4.79 Å². The number of carbonyl (C=O) groups excluding carboxylic acids is 2. The SMILES string of the molecule is CC1(C)NC(=O)[N]C1=O. The van der Waals surface area contributed by atoms with E-state index < -0.39 is 17.5 Å². The van der Waals surface area contributed by atoms with E-state index >= 15 is 0 Å². The third-order valence-corrected chi connectivity index (χ3v) is 1.16. The second-order valence-corrected chi connectivity index (χ2v) is 2.47. The first-order valence-corrected chi connectivity index (χ1v) is 2.61. The van der Waals surface area contributed by atoms with Crippen LogP contribution in [0.5, 0.6) is 0 Å². The first-order valence-electron chi connectivity index (χ1n) is 2.61. The van der Waals surface area contributed by atoms with Gasteiger partial charge in [0.25, 0.3) is 5.91 Å². The molecule has 3 amide bonds. The molecular weight excluding hydrogens is 120 g/mol. The van der Waals surface area contributed by atoms with E-state index in [-0.39, 0.29) is 0 Å². The second-order valence-electron chi connectivity index (χ2n) is 2.47. The van der Waals surface area contributed by atoms with Gasteiger partial charge in [-0.2, -0.15) is 5.32 Å². The predicted octanol–water partition coefficient (Wildman–Crippen LogP) is -0.381. The highest BCUT2D eigenvalue weighted by Crippen LogP contribution is 2.07. The molecule has 0 aliphatic carbocycles. The topological polar surface area (TPSA) is 60.3 Å². The lowest BCUT2D eigenvalue weighted by molar-refractivity contribution is -0.123. The molecule has 0 aromatic heterocycles. The molecular formula is C5H7N2O2. The Kier molecular flexibility index (Phi) is 0.986. The molecule has 1 aliphatic rings. The zero-order chi connectivity index (χ0) is 7.07. The van der Waals surface area contributed by atoms with Crippen molar-refractivity contribution in [1.29, 1.82) is 0 Å². The third-order valence-electron chi connectivity index (χ3n) is 1.16. The van der Waals surface area contributed by atoms with E-state index in [4.69, 9.17) is 0 Å². The van der Waals surface area contributed by atoms with Crippen LogP contribution >= 0.6 is 0 Å². The Bertz CT molecular complexity index is 174. The van der Waals surface area contributed by atoms with Gasteiger partial charge in [-0.05, 0) is 13.8 Å². The molecule has 1 aliphatic heterocycles. The fourth-order valence-electron chi connectivity index (χ4n) is 0.581. The van der Waals surface area contributed by atoms with Gasteiger partial charge in [-0.1, -0.05) is 0 Å². The standard InChI is InChI=1S/C5H7N2O2/c1-5(2)3(8)6-4(9)7-5/h1-2H3,(H,7,9). The second kappa shape index (κ2) is 1.46. The van der Waals surface area contributed by atoms with Crippen LogP contribution in [0.25, 0.3) is 0 Å². The molecule has 49 valence electrons. The van der Waals surface area contributed by atoms with E-state index in [1.54, 1.807) is 13.8 Å². The molecule has 1 rings (SSSR count). The summed E-state index contributed by atoms with van der Waals surface area (Å²) in [6.45, 7) is 3.23. The van der Waals surface area contributed by atoms with Gasteiger partial charge in [0.15, 0.2) is 0 Å². The number of rotatable bonds is 0. The van der Waals surface area contributed by atoms with Crippen molar-refractivity contribution in [2.45, 2.75) is 19.4 Å². The van der Waals surface area contributed by atoms with Gasteiger partial charge in [0.05, 0.1) is 0 Å². The van der Waals surface area contributed by atoms with Gasteiger partial charge in [0.1, 0.15) is 5.54 Å². The number of urea groups is 1. The molecule has 1 N–H and O–H groups in total. The molecule has 0 bridgehead atoms. The van der Waals surface area contributed by atoms with Crippen LogP contribution in [0.15, 0.2) is 0 Å². The minimum Gasteiger partial charge on any atom is -0.322 e. The first-order chi connectivity index (χ1) is 4.02. The quantitative estimate of drug-likeness (QED) is 0.451. The number of amides is 3. The fraction of sp³-hybridized carbons (Fsp3) is 0.600. The molecule has 9 heavy (non-hydrogen) atoms. The van der Waals surface area contributed by atoms with Crippen LogP contribution in [0.2, 0.25) is 0 Å². The van der Waals surface area contributed by atoms with Crippen LogP contribution in [0.3, 0.4) is 0 Å². The van der Waals surface area contributed by atoms with Crippen molar-refractivity contribution < 1.29 is 9.59 Å². The van der Waals surface area contributed by atoms with Crippen molar-refractivity contribution in [1.82, 2.24) is 10.6 Å². The van der Waals surface area contributed by atoms with Crippen molar-refractivity contribution in [3.05, 3.63) is 0 Å². The Labute approximate surface area is 52.6 Å². The van der Waals surface area contributed by atoms with Gasteiger partial charge < -0.3 is 5.32 Å². The number of hydrogen-bond donors (Lipinski definition) is 1. The number of imide groups is 1. The van der Waals surface area contributed by atoms with Crippen LogP contribution in [0.1, 0.15) is 13.8 Å². The van der Waals surface area contributed by atoms with Crippen molar-refractivity contribution in [3.63, 3.8) is 0 Å². The van der Waals surface area contributed by atoms with Crippen LogP contribution in [0.4, 0.5) is 4.79 Å². The fourth-order valence-corrected chi connectivity index (χ4v) is 0.581. The van der Waals surface area contributed by atoms with E-state index in [9.17, 15) is 9.59 Å². The van der Waals surface area contributed by atoms with Crippen molar-refractivity contribution in [2.75, 3.05) is 0 Å². The molecule has 1 radical (unpaired) electrons. The lowest BCUT2D eigenvalue weighted by atomic mass is 10.1. The normalized spacial score (nSPS) is 23.3. The summed E-state index contributed by atoms with van der Waals surface area (Å²) in [5, 5.41) is 5.54. The summed E-state index contributed by atoms with van der Waals surface area (Å²) in [5.74, 6) is -0.396. The molecule has 0 spiro atoms. The van der Waals surface area contributed by atoms with Gasteiger partial charge in [0.2, 0.25) is 0 Å². The maximum Gasteiger partial charge on any atom is 0.345 e. The Morgan fingerprint density at radius 2 is 2.00 bits per heavy atom. The Hall–Kier alpha value is -1.06. The van der Waals surface area contributed by atoms with Crippen molar-refractivity contribution in [2.24, 2.45) is 0 Å². The predicted molar refractivity (Wildman–Crippen MR) is 29.8 cm³/mol. The van der Waals surface area contributed by atoms with Crippen molar-refractivity contribution >= 4 is 11.9 Å². The highest BCUT2D eigenvalue weighted by atomic mass is 16.2. The smallest absolute Gasteiger partial charge is 0.322 e. The third kappa shape index (κ3) is 0.872. The molecule has 0 atom stereocenters. The molecule has 1 saturated heterocycles. The van der Waals surface area contributed by atoms with Crippen molar-refractivity contribution in [3.8, 4) is 0 Å². The molecule has 1 heterocycles. The minimum atomic E-state index is -0.781. The Balaban J connectivity index is 2.81. The Morgan fingerprint density at radius 1 is 1.44 bits per heavy atom. The van der Waals surface area contributed by atoms with E-state index in [0.717, 1.165) is 0 Å². The maximum absolute atomic E-state index is 10.7. The van der Waals surface area contributed by atoms with Crippen LogP contribution in [-0.4, -0.2) is 17.5 Å². The number of nitrogens with zero attached hydrogens (tertiary/aromatic N) is 1. The summed E-state index contributed by atoms with van der Waals surface area (Å²) in [6, 6.07) is -0.537. The van der Waals surface area contributed by atoms with Crippen LogP contribution in [0, 0.1) is 0 Å². The van der Waals surface area contributed by atoms with E-state index in [0.29, 0.717) is 0 Å². The lowest BCUT2D eigenvalue weighted by Gasteiger charge is -2.10. The zero-order valence-electron chi connectivity index (χ0n) is 5.26. The largest absolute Gasteiger partial charge is 0.345 e. The van der Waals surface area contributed by atoms with Gasteiger partial charge in [0, 0.05) is 0 Å². The molecule has 4 heteroatoms. The average molecular weight is 127 g/mol. The van der Waals surface area contributed by atoms with Gasteiger partial charge in [-0.15, -0.1) is 0 Å². The lowest BCUT2D eigenvalue weighted by Crippen LogP contribution is -2.39. The Morgan fingerprint density at radius 3 is 2.11 bits per heavy atom.